The Morgan fingerprint density at radius 2 is 2.12 bits per heavy atom. The van der Waals surface area contributed by atoms with Crippen LogP contribution in [0.25, 0.3) is 11.0 Å². The highest BCUT2D eigenvalue weighted by atomic mass is 16.3. The van der Waals surface area contributed by atoms with Crippen molar-refractivity contribution in [2.75, 3.05) is 0 Å². The van der Waals surface area contributed by atoms with Crippen LogP contribution >= 0.6 is 0 Å². The minimum absolute atomic E-state index is 0.240. The van der Waals surface area contributed by atoms with E-state index in [4.69, 9.17) is 10.2 Å². The van der Waals surface area contributed by atoms with Crippen LogP contribution in [-0.4, -0.2) is 5.78 Å². The molecule has 0 spiro atoms. The maximum Gasteiger partial charge on any atom is 0.229 e. The Morgan fingerprint density at radius 3 is 2.71 bits per heavy atom. The number of carbonyl (C=O) groups excluding carboxylic acids is 1. The zero-order valence-electron chi connectivity index (χ0n) is 9.57. The zero-order valence-corrected chi connectivity index (χ0v) is 9.57. The standard InChI is InChI=1S/C14H13NO2/c1-3-11(9(2)15)14(16)13-8-10-6-4-5-7-12(10)17-13/h3-8H,1,15H2,2H3/b11-9-. The van der Waals surface area contributed by atoms with E-state index in [-0.39, 0.29) is 11.5 Å². The number of nitrogens with two attached hydrogens (primary N) is 1. The molecule has 1 aromatic heterocycles. The molecule has 17 heavy (non-hydrogen) atoms. The molecule has 3 heteroatoms. The second-order valence-electron chi connectivity index (χ2n) is 3.78. The first-order valence-electron chi connectivity index (χ1n) is 5.25. The summed E-state index contributed by atoms with van der Waals surface area (Å²) < 4.78 is 5.48. The van der Waals surface area contributed by atoms with Crippen LogP contribution in [0.1, 0.15) is 17.5 Å². The summed E-state index contributed by atoms with van der Waals surface area (Å²) >= 11 is 0. The lowest BCUT2D eigenvalue weighted by atomic mass is 10.1. The molecule has 1 aromatic carbocycles. The largest absolute Gasteiger partial charge is 0.453 e. The number of hydrogen-bond acceptors (Lipinski definition) is 3. The summed E-state index contributed by atoms with van der Waals surface area (Å²) in [6.07, 6.45) is 1.45. The van der Waals surface area contributed by atoms with Gasteiger partial charge in [0.15, 0.2) is 5.76 Å². The Morgan fingerprint density at radius 1 is 1.41 bits per heavy atom. The summed E-state index contributed by atoms with van der Waals surface area (Å²) in [5, 5.41) is 0.897. The predicted molar refractivity (Wildman–Crippen MR) is 67.6 cm³/mol. The molecule has 0 fully saturated rings. The molecule has 2 N–H and O–H groups in total. The third-order valence-electron chi connectivity index (χ3n) is 2.52. The Kier molecular flexibility index (Phi) is 2.83. The smallest absolute Gasteiger partial charge is 0.229 e. The van der Waals surface area contributed by atoms with E-state index in [2.05, 4.69) is 6.58 Å². The maximum absolute atomic E-state index is 12.1. The highest BCUT2D eigenvalue weighted by Gasteiger charge is 2.16. The number of carbonyl (C=O) groups is 1. The Balaban J connectivity index is 2.50. The number of fused-ring (bicyclic) bond motifs is 1. The molecule has 0 saturated carbocycles. The first-order chi connectivity index (χ1) is 8.13. The molecular weight excluding hydrogens is 214 g/mol. The van der Waals surface area contributed by atoms with Crippen molar-refractivity contribution >= 4 is 16.8 Å². The normalized spacial score (nSPS) is 12.3. The highest BCUT2D eigenvalue weighted by molar-refractivity contribution is 6.10. The number of rotatable bonds is 3. The molecule has 0 amide bonds. The quantitative estimate of drug-likeness (QED) is 0.498. The van der Waals surface area contributed by atoms with E-state index >= 15 is 0 Å². The molecule has 2 aromatic rings. The molecule has 0 bridgehead atoms. The van der Waals surface area contributed by atoms with Gasteiger partial charge in [-0.15, -0.1) is 0 Å². The number of para-hydroxylation sites is 1. The van der Waals surface area contributed by atoms with Gasteiger partial charge in [0, 0.05) is 16.7 Å². The van der Waals surface area contributed by atoms with Crippen molar-refractivity contribution in [3.63, 3.8) is 0 Å². The Bertz CT molecular complexity index is 583. The predicted octanol–water partition coefficient (Wildman–Crippen LogP) is 3.03. The number of allylic oxidation sites excluding steroid dienone is 3. The zero-order chi connectivity index (χ0) is 12.4. The molecule has 0 aliphatic rings. The van der Waals surface area contributed by atoms with Crippen molar-refractivity contribution in [1.82, 2.24) is 0 Å². The molecule has 0 atom stereocenters. The first-order valence-corrected chi connectivity index (χ1v) is 5.25. The molecule has 2 rings (SSSR count). The average molecular weight is 227 g/mol. The van der Waals surface area contributed by atoms with Gasteiger partial charge in [-0.1, -0.05) is 30.9 Å². The summed E-state index contributed by atoms with van der Waals surface area (Å²) in [7, 11) is 0. The van der Waals surface area contributed by atoms with E-state index in [1.165, 1.54) is 6.08 Å². The summed E-state index contributed by atoms with van der Waals surface area (Å²) in [5.74, 6) is 0.0436. The van der Waals surface area contributed by atoms with Crippen molar-refractivity contribution in [1.29, 1.82) is 0 Å². The molecule has 86 valence electrons. The fourth-order valence-corrected chi connectivity index (χ4v) is 1.66. The van der Waals surface area contributed by atoms with Crippen LogP contribution in [0.5, 0.6) is 0 Å². The van der Waals surface area contributed by atoms with Crippen LogP contribution in [0.2, 0.25) is 0 Å². The lowest BCUT2D eigenvalue weighted by Gasteiger charge is -2.00. The molecule has 0 aliphatic heterocycles. The van der Waals surface area contributed by atoms with Crippen LogP contribution < -0.4 is 5.73 Å². The van der Waals surface area contributed by atoms with E-state index in [1.807, 2.05) is 24.3 Å². The fourth-order valence-electron chi connectivity index (χ4n) is 1.66. The van der Waals surface area contributed by atoms with Crippen LogP contribution in [0.4, 0.5) is 0 Å². The van der Waals surface area contributed by atoms with Gasteiger partial charge in [0.25, 0.3) is 0 Å². The summed E-state index contributed by atoms with van der Waals surface area (Å²) in [6, 6.07) is 9.17. The lowest BCUT2D eigenvalue weighted by Crippen LogP contribution is -2.06. The number of Topliss-reactive ketones (excluding diaryl/α,β-unsaturated/α-hetero) is 1. The third-order valence-corrected chi connectivity index (χ3v) is 2.52. The van der Waals surface area contributed by atoms with Gasteiger partial charge >= 0.3 is 0 Å². The van der Waals surface area contributed by atoms with Crippen molar-refractivity contribution in [2.24, 2.45) is 5.73 Å². The topological polar surface area (TPSA) is 56.2 Å². The molecule has 0 saturated heterocycles. The number of benzene rings is 1. The number of ketones is 1. The molecule has 1 heterocycles. The van der Waals surface area contributed by atoms with Crippen molar-refractivity contribution in [2.45, 2.75) is 6.92 Å². The second-order valence-corrected chi connectivity index (χ2v) is 3.78. The number of hydrogen-bond donors (Lipinski definition) is 1. The SMILES string of the molecule is C=C/C(C(=O)c1cc2ccccc2o1)=C(\C)N. The van der Waals surface area contributed by atoms with E-state index in [0.29, 0.717) is 16.9 Å². The van der Waals surface area contributed by atoms with E-state index < -0.39 is 0 Å². The van der Waals surface area contributed by atoms with Crippen LogP contribution in [0.15, 0.2) is 58.7 Å². The summed E-state index contributed by atoms with van der Waals surface area (Å²) in [6.45, 7) is 5.25. The summed E-state index contributed by atoms with van der Waals surface area (Å²) in [5.41, 5.74) is 7.13. The first kappa shape index (κ1) is 11.2. The van der Waals surface area contributed by atoms with E-state index in [1.54, 1.807) is 13.0 Å². The van der Waals surface area contributed by atoms with Gasteiger partial charge in [-0.05, 0) is 19.1 Å². The van der Waals surface area contributed by atoms with Crippen LogP contribution in [0.3, 0.4) is 0 Å². The molecule has 0 unspecified atom stereocenters. The van der Waals surface area contributed by atoms with E-state index in [9.17, 15) is 4.79 Å². The third kappa shape index (κ3) is 1.99. The minimum Gasteiger partial charge on any atom is -0.453 e. The van der Waals surface area contributed by atoms with Crippen molar-refractivity contribution in [3.8, 4) is 0 Å². The van der Waals surface area contributed by atoms with Gasteiger partial charge in [-0.2, -0.15) is 0 Å². The van der Waals surface area contributed by atoms with Gasteiger partial charge in [-0.25, -0.2) is 0 Å². The number of furan rings is 1. The second kappa shape index (κ2) is 4.29. The van der Waals surface area contributed by atoms with Gasteiger partial charge in [0.05, 0.1) is 0 Å². The lowest BCUT2D eigenvalue weighted by molar-refractivity contribution is 0.101. The maximum atomic E-state index is 12.1. The molecule has 0 aliphatic carbocycles. The van der Waals surface area contributed by atoms with Gasteiger partial charge in [0.2, 0.25) is 5.78 Å². The van der Waals surface area contributed by atoms with E-state index in [0.717, 1.165) is 5.39 Å². The molecule has 0 radical (unpaired) electrons. The van der Waals surface area contributed by atoms with Crippen molar-refractivity contribution < 1.29 is 9.21 Å². The van der Waals surface area contributed by atoms with Crippen molar-refractivity contribution in [3.05, 3.63) is 60.0 Å². The fraction of sp³-hybridized carbons (Fsp3) is 0.0714. The Hall–Kier alpha value is -2.29. The highest BCUT2D eigenvalue weighted by Crippen LogP contribution is 2.21. The van der Waals surface area contributed by atoms with Gasteiger partial charge < -0.3 is 10.2 Å². The van der Waals surface area contributed by atoms with Crippen LogP contribution in [0, 0.1) is 0 Å². The monoisotopic (exact) mass is 227 g/mol. The Labute approximate surface area is 99.2 Å². The average Bonchev–Trinajstić information content (AvgIpc) is 2.72. The van der Waals surface area contributed by atoms with Gasteiger partial charge in [-0.3, -0.25) is 4.79 Å². The molecule has 3 nitrogen and oxygen atoms in total. The minimum atomic E-state index is -0.240. The van der Waals surface area contributed by atoms with Gasteiger partial charge in [0.1, 0.15) is 5.58 Å². The van der Waals surface area contributed by atoms with Crippen LogP contribution in [-0.2, 0) is 0 Å². The summed E-state index contributed by atoms with van der Waals surface area (Å²) in [4.78, 5) is 12.1. The molecular formula is C14H13NO2.